The van der Waals surface area contributed by atoms with Crippen LogP contribution in [0.1, 0.15) is 18.3 Å². The highest BCUT2D eigenvalue weighted by Crippen LogP contribution is 2.20. The van der Waals surface area contributed by atoms with Gasteiger partial charge in [0.25, 0.3) is 5.56 Å². The van der Waals surface area contributed by atoms with E-state index in [4.69, 9.17) is 11.6 Å². The number of benzene rings is 2. The van der Waals surface area contributed by atoms with Gasteiger partial charge in [0, 0.05) is 11.4 Å². The Bertz CT molecular complexity index is 914. The summed E-state index contributed by atoms with van der Waals surface area (Å²) in [6, 6.07) is 9.44. The number of rotatable bonds is 2. The maximum absolute atomic E-state index is 13.5. The van der Waals surface area contributed by atoms with Gasteiger partial charge in [0.15, 0.2) is 0 Å². The second-order valence-electron chi connectivity index (χ2n) is 5.17. The highest BCUT2D eigenvalue weighted by atomic mass is 35.5. The van der Waals surface area contributed by atoms with Gasteiger partial charge in [-0.1, -0.05) is 18.5 Å². The first kappa shape index (κ1) is 14.7. The average molecular weight is 317 g/mol. The molecule has 0 atom stereocenters. The second-order valence-corrected chi connectivity index (χ2v) is 5.61. The Balaban J connectivity index is 2.41. The quantitative estimate of drug-likeness (QED) is 0.715. The van der Waals surface area contributed by atoms with Crippen molar-refractivity contribution in [3.63, 3.8) is 0 Å². The first-order chi connectivity index (χ1) is 10.5. The Morgan fingerprint density at radius 1 is 1.23 bits per heavy atom. The third kappa shape index (κ3) is 2.50. The molecule has 0 saturated heterocycles. The summed E-state index contributed by atoms with van der Waals surface area (Å²) in [7, 11) is 0. The van der Waals surface area contributed by atoms with Gasteiger partial charge >= 0.3 is 0 Å². The van der Waals surface area contributed by atoms with Gasteiger partial charge in [-0.25, -0.2) is 9.37 Å². The van der Waals surface area contributed by atoms with Crippen LogP contribution >= 0.6 is 11.6 Å². The molecule has 0 unspecified atom stereocenters. The zero-order valence-electron chi connectivity index (χ0n) is 12.2. The number of aryl methyl sites for hydroxylation is 2. The molecule has 0 N–H and O–H groups in total. The van der Waals surface area contributed by atoms with Crippen LogP contribution in [0, 0.1) is 12.7 Å². The van der Waals surface area contributed by atoms with E-state index in [2.05, 4.69) is 4.98 Å². The summed E-state index contributed by atoms with van der Waals surface area (Å²) in [5.41, 5.74) is 1.79. The Morgan fingerprint density at radius 3 is 2.68 bits per heavy atom. The molecule has 0 aliphatic rings. The average Bonchev–Trinajstić information content (AvgIpc) is 2.46. The molecule has 1 aromatic heterocycles. The minimum atomic E-state index is -0.454. The van der Waals surface area contributed by atoms with E-state index in [1.165, 1.54) is 22.8 Å². The molecule has 3 nitrogen and oxygen atoms in total. The van der Waals surface area contributed by atoms with Crippen LogP contribution < -0.4 is 5.56 Å². The second kappa shape index (κ2) is 5.54. The van der Waals surface area contributed by atoms with Crippen LogP contribution in [0.4, 0.5) is 4.39 Å². The third-order valence-electron chi connectivity index (χ3n) is 3.50. The Hall–Kier alpha value is -2.20. The lowest BCUT2D eigenvalue weighted by atomic mass is 10.2. The maximum Gasteiger partial charge on any atom is 0.266 e. The monoisotopic (exact) mass is 316 g/mol. The first-order valence-electron chi connectivity index (χ1n) is 6.98. The van der Waals surface area contributed by atoms with Gasteiger partial charge in [0.2, 0.25) is 0 Å². The molecule has 2 aromatic carbocycles. The van der Waals surface area contributed by atoms with E-state index in [1.54, 1.807) is 6.07 Å². The number of hydrogen-bond donors (Lipinski definition) is 0. The third-order valence-corrected chi connectivity index (χ3v) is 3.72. The zero-order valence-corrected chi connectivity index (χ0v) is 13.0. The minimum Gasteiger partial charge on any atom is -0.268 e. The summed E-state index contributed by atoms with van der Waals surface area (Å²) in [5, 5.41) is 0.804. The van der Waals surface area contributed by atoms with Crippen molar-refractivity contribution in [1.29, 1.82) is 0 Å². The van der Waals surface area contributed by atoms with Gasteiger partial charge < -0.3 is 0 Å². The van der Waals surface area contributed by atoms with Crippen molar-refractivity contribution in [2.45, 2.75) is 20.3 Å². The zero-order chi connectivity index (χ0) is 15.9. The highest BCUT2D eigenvalue weighted by Gasteiger charge is 2.13. The molecule has 3 rings (SSSR count). The Morgan fingerprint density at radius 2 is 2.00 bits per heavy atom. The normalized spacial score (nSPS) is 11.1. The fraction of sp³-hybridized carbons (Fsp3) is 0.176. The fourth-order valence-electron chi connectivity index (χ4n) is 2.55. The van der Waals surface area contributed by atoms with Crippen molar-refractivity contribution in [1.82, 2.24) is 9.55 Å². The van der Waals surface area contributed by atoms with Crippen molar-refractivity contribution in [3.05, 3.63) is 69.0 Å². The predicted molar refractivity (Wildman–Crippen MR) is 86.4 cm³/mol. The summed E-state index contributed by atoms with van der Waals surface area (Å²) in [6.45, 7) is 3.82. The number of fused-ring (bicyclic) bond motifs is 1. The van der Waals surface area contributed by atoms with Gasteiger partial charge in [0.05, 0.1) is 16.6 Å². The Kier molecular flexibility index (Phi) is 3.71. The molecule has 0 radical (unpaired) electrons. The van der Waals surface area contributed by atoms with Gasteiger partial charge in [0.1, 0.15) is 11.6 Å². The van der Waals surface area contributed by atoms with Gasteiger partial charge in [-0.05, 0) is 48.9 Å². The smallest absolute Gasteiger partial charge is 0.266 e. The summed E-state index contributed by atoms with van der Waals surface area (Å²) in [6.07, 6.45) is 0.577. The van der Waals surface area contributed by atoms with Crippen LogP contribution in [0.3, 0.4) is 0 Å². The van der Waals surface area contributed by atoms with E-state index in [0.717, 1.165) is 5.56 Å². The molecule has 3 aromatic rings. The molecule has 0 fully saturated rings. The highest BCUT2D eigenvalue weighted by molar-refractivity contribution is 6.30. The van der Waals surface area contributed by atoms with E-state index in [1.807, 2.05) is 26.0 Å². The maximum atomic E-state index is 13.5. The van der Waals surface area contributed by atoms with Crippen molar-refractivity contribution >= 4 is 22.5 Å². The molecule has 0 aliphatic heterocycles. The molecule has 0 saturated carbocycles. The molecule has 112 valence electrons. The first-order valence-corrected chi connectivity index (χ1v) is 7.36. The number of aromatic nitrogens is 2. The molecule has 0 spiro atoms. The predicted octanol–water partition coefficient (Wildman–Crippen LogP) is 4.05. The van der Waals surface area contributed by atoms with E-state index < -0.39 is 5.82 Å². The van der Waals surface area contributed by atoms with Gasteiger partial charge in [-0.15, -0.1) is 0 Å². The molecule has 0 amide bonds. The lowest BCUT2D eigenvalue weighted by molar-refractivity contribution is 0.629. The summed E-state index contributed by atoms with van der Waals surface area (Å²) >= 11 is 6.10. The van der Waals surface area contributed by atoms with E-state index >= 15 is 0 Å². The molecular weight excluding hydrogens is 303 g/mol. The fourth-order valence-corrected chi connectivity index (χ4v) is 2.84. The van der Waals surface area contributed by atoms with E-state index in [9.17, 15) is 9.18 Å². The molecular formula is C17H14ClFN2O. The standard InChI is InChI=1S/C17H14ClFN2O/c1-3-16-20-15-5-4-12(19)9-14(15)17(22)21(16)13-7-10(2)6-11(18)8-13/h4-9H,3H2,1-2H3. The minimum absolute atomic E-state index is 0.259. The largest absolute Gasteiger partial charge is 0.268 e. The molecule has 1 heterocycles. The van der Waals surface area contributed by atoms with E-state index in [0.29, 0.717) is 28.5 Å². The van der Waals surface area contributed by atoms with Crippen LogP contribution in [0.5, 0.6) is 0 Å². The topological polar surface area (TPSA) is 34.9 Å². The van der Waals surface area contributed by atoms with Gasteiger partial charge in [-0.3, -0.25) is 9.36 Å². The van der Waals surface area contributed by atoms with Crippen molar-refractivity contribution in [3.8, 4) is 5.69 Å². The number of nitrogens with zero attached hydrogens (tertiary/aromatic N) is 2. The number of halogens is 2. The van der Waals surface area contributed by atoms with Crippen molar-refractivity contribution in [2.24, 2.45) is 0 Å². The summed E-state index contributed by atoms with van der Waals surface area (Å²) in [5.74, 6) is 0.162. The molecule has 0 bridgehead atoms. The summed E-state index contributed by atoms with van der Waals surface area (Å²) < 4.78 is 15.0. The summed E-state index contributed by atoms with van der Waals surface area (Å²) in [4.78, 5) is 17.3. The SMILES string of the molecule is CCc1nc2ccc(F)cc2c(=O)n1-c1cc(C)cc(Cl)c1. The van der Waals surface area contributed by atoms with Gasteiger partial charge in [-0.2, -0.15) is 0 Å². The lowest BCUT2D eigenvalue weighted by Crippen LogP contribution is -2.23. The molecule has 22 heavy (non-hydrogen) atoms. The van der Waals surface area contributed by atoms with E-state index in [-0.39, 0.29) is 10.9 Å². The number of hydrogen-bond acceptors (Lipinski definition) is 2. The van der Waals surface area contributed by atoms with Crippen molar-refractivity contribution < 1.29 is 4.39 Å². The molecule has 5 heteroatoms. The van der Waals surface area contributed by atoms with Crippen LogP contribution in [-0.2, 0) is 6.42 Å². The lowest BCUT2D eigenvalue weighted by Gasteiger charge is -2.13. The molecule has 0 aliphatic carbocycles. The van der Waals surface area contributed by atoms with Crippen LogP contribution in [-0.4, -0.2) is 9.55 Å². The van der Waals surface area contributed by atoms with Crippen LogP contribution in [0.2, 0.25) is 5.02 Å². The van der Waals surface area contributed by atoms with Crippen LogP contribution in [0.15, 0.2) is 41.2 Å². The van der Waals surface area contributed by atoms with Crippen molar-refractivity contribution in [2.75, 3.05) is 0 Å². The Labute approximate surface area is 132 Å². The van der Waals surface area contributed by atoms with Crippen LogP contribution in [0.25, 0.3) is 16.6 Å².